The lowest BCUT2D eigenvalue weighted by Crippen LogP contribution is -2.21. The van der Waals surface area contributed by atoms with Crippen molar-refractivity contribution >= 4 is 11.3 Å². The Bertz CT molecular complexity index is 326. The molecule has 1 aromatic rings. The number of hydrogen-bond acceptors (Lipinski definition) is 3. The van der Waals surface area contributed by atoms with E-state index in [1.54, 1.807) is 0 Å². The third kappa shape index (κ3) is 2.79. The van der Waals surface area contributed by atoms with Crippen molar-refractivity contribution in [2.75, 3.05) is 6.54 Å². The van der Waals surface area contributed by atoms with Gasteiger partial charge in [0.2, 0.25) is 0 Å². The summed E-state index contributed by atoms with van der Waals surface area (Å²) in [4.78, 5) is 6.04. The van der Waals surface area contributed by atoms with Crippen LogP contribution in [0.3, 0.4) is 0 Å². The topological polar surface area (TPSA) is 38.9 Å². The molecule has 1 aromatic heterocycles. The van der Waals surface area contributed by atoms with Crippen LogP contribution in [-0.2, 0) is 5.41 Å². The lowest BCUT2D eigenvalue weighted by molar-refractivity contribution is 0.494. The first kappa shape index (κ1) is 12.7. The van der Waals surface area contributed by atoms with E-state index in [2.05, 4.69) is 39.6 Å². The molecule has 0 atom stereocenters. The van der Waals surface area contributed by atoms with Crippen LogP contribution in [0.4, 0.5) is 0 Å². The highest BCUT2D eigenvalue weighted by atomic mass is 32.1. The first-order valence-electron chi connectivity index (χ1n) is 5.56. The fourth-order valence-electron chi connectivity index (χ4n) is 1.77. The van der Waals surface area contributed by atoms with E-state index in [1.807, 2.05) is 11.3 Å². The van der Waals surface area contributed by atoms with Crippen molar-refractivity contribution in [2.45, 2.75) is 52.4 Å². The van der Waals surface area contributed by atoms with Gasteiger partial charge in [-0.05, 0) is 19.9 Å². The predicted molar refractivity (Wildman–Crippen MR) is 67.6 cm³/mol. The first-order valence-corrected chi connectivity index (χ1v) is 6.38. The average Bonchev–Trinajstić information content (AvgIpc) is 2.47. The molecule has 1 rings (SSSR count). The predicted octanol–water partition coefficient (Wildman–Crippen LogP) is 3.20. The summed E-state index contributed by atoms with van der Waals surface area (Å²) in [6, 6.07) is 0. The molecule has 86 valence electrons. The van der Waals surface area contributed by atoms with Crippen LogP contribution < -0.4 is 5.73 Å². The quantitative estimate of drug-likeness (QED) is 0.856. The van der Waals surface area contributed by atoms with Crippen LogP contribution in [0, 0.1) is 6.92 Å². The number of hydrogen-bond donors (Lipinski definition) is 1. The van der Waals surface area contributed by atoms with E-state index >= 15 is 0 Å². The SMILES string of the molecule is Cc1nc(C(C)C)sc1C(C)(C)CCN. The fraction of sp³-hybridized carbons (Fsp3) is 0.750. The summed E-state index contributed by atoms with van der Waals surface area (Å²) in [5, 5.41) is 1.24. The lowest BCUT2D eigenvalue weighted by atomic mass is 9.87. The van der Waals surface area contributed by atoms with Crippen molar-refractivity contribution < 1.29 is 0 Å². The van der Waals surface area contributed by atoms with Gasteiger partial charge in [-0.2, -0.15) is 0 Å². The Hall–Kier alpha value is -0.410. The minimum Gasteiger partial charge on any atom is -0.330 e. The molecule has 2 N–H and O–H groups in total. The minimum atomic E-state index is 0.170. The highest BCUT2D eigenvalue weighted by molar-refractivity contribution is 7.12. The monoisotopic (exact) mass is 226 g/mol. The first-order chi connectivity index (χ1) is 6.88. The summed E-state index contributed by atoms with van der Waals surface area (Å²) in [6.07, 6.45) is 1.02. The second-order valence-corrected chi connectivity index (χ2v) is 6.07. The zero-order valence-electron chi connectivity index (χ0n) is 10.4. The average molecular weight is 226 g/mol. The molecule has 2 nitrogen and oxygen atoms in total. The fourth-order valence-corrected chi connectivity index (χ4v) is 2.97. The van der Waals surface area contributed by atoms with Crippen molar-refractivity contribution in [1.29, 1.82) is 0 Å². The second-order valence-electron chi connectivity index (χ2n) is 5.04. The van der Waals surface area contributed by atoms with Crippen molar-refractivity contribution in [1.82, 2.24) is 4.98 Å². The molecule has 1 heterocycles. The molecule has 0 saturated heterocycles. The Balaban J connectivity index is 3.03. The number of thiazole rings is 1. The zero-order valence-corrected chi connectivity index (χ0v) is 11.2. The Kier molecular flexibility index (Phi) is 3.90. The smallest absolute Gasteiger partial charge is 0.0956 e. The van der Waals surface area contributed by atoms with Gasteiger partial charge in [-0.3, -0.25) is 0 Å². The van der Waals surface area contributed by atoms with Crippen LogP contribution in [-0.4, -0.2) is 11.5 Å². The van der Waals surface area contributed by atoms with E-state index in [0.717, 1.165) is 13.0 Å². The van der Waals surface area contributed by atoms with Gasteiger partial charge in [-0.25, -0.2) is 4.98 Å². The van der Waals surface area contributed by atoms with Crippen LogP contribution in [0.1, 0.15) is 55.6 Å². The molecular weight excluding hydrogens is 204 g/mol. The van der Waals surface area contributed by atoms with E-state index in [-0.39, 0.29) is 5.41 Å². The van der Waals surface area contributed by atoms with Crippen molar-refractivity contribution in [3.63, 3.8) is 0 Å². The van der Waals surface area contributed by atoms with Gasteiger partial charge in [0.15, 0.2) is 0 Å². The normalized spacial score (nSPS) is 12.5. The maximum absolute atomic E-state index is 5.65. The van der Waals surface area contributed by atoms with Crippen molar-refractivity contribution in [3.8, 4) is 0 Å². The van der Waals surface area contributed by atoms with Crippen LogP contribution >= 0.6 is 11.3 Å². The Morgan fingerprint density at radius 3 is 2.40 bits per heavy atom. The highest BCUT2D eigenvalue weighted by Gasteiger charge is 2.25. The van der Waals surface area contributed by atoms with Crippen molar-refractivity contribution in [2.24, 2.45) is 5.73 Å². The largest absolute Gasteiger partial charge is 0.330 e. The van der Waals surface area contributed by atoms with Gasteiger partial charge in [0.25, 0.3) is 0 Å². The molecule has 0 saturated carbocycles. The molecule has 0 aliphatic carbocycles. The van der Waals surface area contributed by atoms with E-state index in [9.17, 15) is 0 Å². The molecule has 0 spiro atoms. The molecule has 0 aliphatic rings. The standard InChI is InChI=1S/C12H22N2S/c1-8(2)11-14-9(3)10(15-11)12(4,5)6-7-13/h8H,6-7,13H2,1-5H3. The van der Waals surface area contributed by atoms with Crippen LogP contribution in [0.15, 0.2) is 0 Å². The molecule has 0 aromatic carbocycles. The number of aryl methyl sites for hydroxylation is 1. The number of nitrogens with two attached hydrogens (primary N) is 1. The lowest BCUT2D eigenvalue weighted by Gasteiger charge is -2.22. The number of rotatable bonds is 4. The summed E-state index contributed by atoms with van der Waals surface area (Å²) >= 11 is 1.85. The summed E-state index contributed by atoms with van der Waals surface area (Å²) in [7, 11) is 0. The highest BCUT2D eigenvalue weighted by Crippen LogP contribution is 2.35. The van der Waals surface area contributed by atoms with E-state index in [4.69, 9.17) is 5.73 Å². The van der Waals surface area contributed by atoms with Gasteiger partial charge in [0, 0.05) is 16.2 Å². The molecule has 15 heavy (non-hydrogen) atoms. The number of nitrogens with zero attached hydrogens (tertiary/aromatic N) is 1. The molecule has 0 bridgehead atoms. The van der Waals surface area contributed by atoms with E-state index in [0.29, 0.717) is 5.92 Å². The van der Waals surface area contributed by atoms with Gasteiger partial charge < -0.3 is 5.73 Å². The molecule has 0 amide bonds. The molecule has 0 aliphatic heterocycles. The van der Waals surface area contributed by atoms with Gasteiger partial charge in [0.05, 0.1) is 10.7 Å². The van der Waals surface area contributed by atoms with Gasteiger partial charge in [-0.15, -0.1) is 11.3 Å². The van der Waals surface area contributed by atoms with E-state index < -0.39 is 0 Å². The summed E-state index contributed by atoms with van der Waals surface area (Å²) in [5.41, 5.74) is 7.01. The maximum Gasteiger partial charge on any atom is 0.0956 e. The Morgan fingerprint density at radius 2 is 2.00 bits per heavy atom. The van der Waals surface area contributed by atoms with Crippen molar-refractivity contribution in [3.05, 3.63) is 15.6 Å². The molecule has 0 unspecified atom stereocenters. The Labute approximate surface area is 96.9 Å². The van der Waals surface area contributed by atoms with E-state index in [1.165, 1.54) is 15.6 Å². The number of aromatic nitrogens is 1. The van der Waals surface area contributed by atoms with Gasteiger partial charge in [0.1, 0.15) is 0 Å². The molecule has 3 heteroatoms. The third-order valence-corrected chi connectivity index (χ3v) is 4.52. The molecule has 0 radical (unpaired) electrons. The summed E-state index contributed by atoms with van der Waals surface area (Å²) < 4.78 is 0. The molecular formula is C12H22N2S. The van der Waals surface area contributed by atoms with Gasteiger partial charge >= 0.3 is 0 Å². The summed E-state index contributed by atoms with van der Waals surface area (Å²) in [5.74, 6) is 0.524. The maximum atomic E-state index is 5.65. The van der Waals surface area contributed by atoms with Crippen LogP contribution in [0.5, 0.6) is 0 Å². The van der Waals surface area contributed by atoms with Crippen LogP contribution in [0.2, 0.25) is 0 Å². The Morgan fingerprint density at radius 1 is 1.40 bits per heavy atom. The zero-order chi connectivity index (χ0) is 11.6. The second kappa shape index (κ2) is 4.62. The molecule has 0 fully saturated rings. The third-order valence-electron chi connectivity index (χ3n) is 2.69. The van der Waals surface area contributed by atoms with Gasteiger partial charge in [-0.1, -0.05) is 27.7 Å². The minimum absolute atomic E-state index is 0.170. The summed E-state index contributed by atoms with van der Waals surface area (Å²) in [6.45, 7) is 11.7. The van der Waals surface area contributed by atoms with Crippen LogP contribution in [0.25, 0.3) is 0 Å².